The van der Waals surface area contributed by atoms with Crippen LogP contribution in [0, 0.1) is 6.92 Å². The van der Waals surface area contributed by atoms with E-state index in [9.17, 15) is 4.79 Å². The third-order valence-electron chi connectivity index (χ3n) is 2.53. The fraction of sp³-hybridized carbons (Fsp3) is 0.385. The highest BCUT2D eigenvalue weighted by Gasteiger charge is 2.06. The summed E-state index contributed by atoms with van der Waals surface area (Å²) in [5.41, 5.74) is 7.12. The average molecular weight is 250 g/mol. The van der Waals surface area contributed by atoms with Crippen LogP contribution in [-0.4, -0.2) is 17.4 Å². The number of carbonyl (C=O) groups is 1. The third kappa shape index (κ3) is 4.95. The van der Waals surface area contributed by atoms with Gasteiger partial charge in [0.2, 0.25) is 0 Å². The molecule has 0 heterocycles. The van der Waals surface area contributed by atoms with Gasteiger partial charge in [-0.3, -0.25) is 4.79 Å². The quantitative estimate of drug-likeness (QED) is 0.601. The van der Waals surface area contributed by atoms with E-state index < -0.39 is 0 Å². The smallest absolute Gasteiger partial charge is 0.251 e. The maximum atomic E-state index is 11.8. The first-order valence-corrected chi connectivity index (χ1v) is 6.14. The molecule has 0 saturated carbocycles. The van der Waals surface area contributed by atoms with Crippen molar-refractivity contribution in [1.82, 2.24) is 5.32 Å². The summed E-state index contributed by atoms with van der Waals surface area (Å²) in [6, 6.07) is 7.56. The molecule has 4 heteroatoms. The molecule has 17 heavy (non-hydrogen) atoms. The highest BCUT2D eigenvalue weighted by Crippen LogP contribution is 2.06. The molecule has 0 spiro atoms. The molecule has 92 valence electrons. The summed E-state index contributed by atoms with van der Waals surface area (Å²) in [4.78, 5) is 12.3. The van der Waals surface area contributed by atoms with Gasteiger partial charge >= 0.3 is 0 Å². The van der Waals surface area contributed by atoms with Gasteiger partial charge in [-0.2, -0.15) is 0 Å². The second-order valence-corrected chi connectivity index (χ2v) is 4.52. The standard InChI is InChI=1S/C13H18N2OS/c1-10-6-2-3-7-11(10)13(16)15-9-5-4-8-12(14)17/h2-3,6-7H,4-5,8-9H2,1H3,(H2,14,17)(H,15,16). The number of hydrogen-bond donors (Lipinski definition) is 2. The minimum absolute atomic E-state index is 0.0153. The Hall–Kier alpha value is -1.42. The lowest BCUT2D eigenvalue weighted by atomic mass is 10.1. The number of thiocarbonyl (C=S) groups is 1. The van der Waals surface area contributed by atoms with E-state index >= 15 is 0 Å². The minimum Gasteiger partial charge on any atom is -0.393 e. The van der Waals surface area contributed by atoms with Crippen LogP contribution in [0.25, 0.3) is 0 Å². The van der Waals surface area contributed by atoms with E-state index in [-0.39, 0.29) is 5.91 Å². The van der Waals surface area contributed by atoms with Gasteiger partial charge in [-0.1, -0.05) is 30.4 Å². The summed E-state index contributed by atoms with van der Waals surface area (Å²) < 4.78 is 0. The summed E-state index contributed by atoms with van der Waals surface area (Å²) in [6.07, 6.45) is 2.56. The van der Waals surface area contributed by atoms with E-state index in [0.717, 1.165) is 30.4 Å². The number of rotatable bonds is 6. The van der Waals surface area contributed by atoms with Gasteiger partial charge in [-0.15, -0.1) is 0 Å². The SMILES string of the molecule is Cc1ccccc1C(=O)NCCCCC(N)=S. The molecular weight excluding hydrogens is 232 g/mol. The van der Waals surface area contributed by atoms with Crippen molar-refractivity contribution >= 4 is 23.1 Å². The Labute approximate surface area is 107 Å². The van der Waals surface area contributed by atoms with Crippen molar-refractivity contribution in [2.45, 2.75) is 26.2 Å². The van der Waals surface area contributed by atoms with Crippen molar-refractivity contribution in [2.24, 2.45) is 5.73 Å². The largest absolute Gasteiger partial charge is 0.393 e. The molecule has 0 atom stereocenters. The van der Waals surface area contributed by atoms with E-state index in [1.54, 1.807) is 0 Å². The minimum atomic E-state index is -0.0153. The van der Waals surface area contributed by atoms with E-state index in [0.29, 0.717) is 11.5 Å². The summed E-state index contributed by atoms with van der Waals surface area (Å²) in [5.74, 6) is -0.0153. The Morgan fingerprint density at radius 3 is 2.71 bits per heavy atom. The highest BCUT2D eigenvalue weighted by atomic mass is 32.1. The van der Waals surface area contributed by atoms with Gasteiger partial charge in [0.15, 0.2) is 0 Å². The van der Waals surface area contributed by atoms with Crippen molar-refractivity contribution < 1.29 is 4.79 Å². The number of benzene rings is 1. The maximum Gasteiger partial charge on any atom is 0.251 e. The summed E-state index contributed by atoms with van der Waals surface area (Å²) in [6.45, 7) is 2.59. The van der Waals surface area contributed by atoms with Gasteiger partial charge in [-0.05, 0) is 37.8 Å². The van der Waals surface area contributed by atoms with Crippen LogP contribution in [0.15, 0.2) is 24.3 Å². The molecule has 1 aromatic rings. The number of nitrogens with two attached hydrogens (primary N) is 1. The summed E-state index contributed by atoms with van der Waals surface area (Å²) in [7, 11) is 0. The maximum absolute atomic E-state index is 11.8. The Bertz CT molecular complexity index is 404. The van der Waals surface area contributed by atoms with E-state index in [2.05, 4.69) is 5.32 Å². The first-order chi connectivity index (χ1) is 8.11. The molecule has 1 rings (SSSR count). The molecule has 1 aromatic carbocycles. The summed E-state index contributed by atoms with van der Waals surface area (Å²) >= 11 is 4.78. The van der Waals surface area contributed by atoms with Gasteiger partial charge in [0, 0.05) is 12.1 Å². The van der Waals surface area contributed by atoms with Gasteiger partial charge in [0.05, 0.1) is 4.99 Å². The van der Waals surface area contributed by atoms with Crippen LogP contribution in [0.1, 0.15) is 35.2 Å². The van der Waals surface area contributed by atoms with Crippen molar-refractivity contribution in [3.05, 3.63) is 35.4 Å². The van der Waals surface area contributed by atoms with Gasteiger partial charge < -0.3 is 11.1 Å². The molecule has 1 amide bonds. The Balaban J connectivity index is 2.31. The zero-order valence-corrected chi connectivity index (χ0v) is 10.8. The van der Waals surface area contributed by atoms with Gasteiger partial charge in [0.1, 0.15) is 0 Å². The van der Waals surface area contributed by atoms with Gasteiger partial charge in [0.25, 0.3) is 5.91 Å². The predicted molar refractivity (Wildman–Crippen MR) is 74.1 cm³/mol. The Morgan fingerprint density at radius 1 is 1.35 bits per heavy atom. The lowest BCUT2D eigenvalue weighted by Gasteiger charge is -2.07. The van der Waals surface area contributed by atoms with Crippen molar-refractivity contribution in [3.63, 3.8) is 0 Å². The van der Waals surface area contributed by atoms with Gasteiger partial charge in [-0.25, -0.2) is 0 Å². The zero-order chi connectivity index (χ0) is 12.7. The number of aryl methyl sites for hydroxylation is 1. The molecule has 0 unspecified atom stereocenters. The second kappa shape index (κ2) is 7.01. The first-order valence-electron chi connectivity index (χ1n) is 5.73. The molecule has 0 saturated heterocycles. The van der Waals surface area contributed by atoms with Crippen molar-refractivity contribution in [3.8, 4) is 0 Å². The lowest BCUT2D eigenvalue weighted by Crippen LogP contribution is -2.25. The number of unbranched alkanes of at least 4 members (excludes halogenated alkanes) is 1. The molecule has 3 N–H and O–H groups in total. The average Bonchev–Trinajstić information content (AvgIpc) is 2.28. The predicted octanol–water partition coefficient (Wildman–Crippen LogP) is 2.18. The second-order valence-electron chi connectivity index (χ2n) is 3.99. The topological polar surface area (TPSA) is 55.1 Å². The van der Waals surface area contributed by atoms with Crippen LogP contribution < -0.4 is 11.1 Å². The first kappa shape index (κ1) is 13.6. The zero-order valence-electron chi connectivity index (χ0n) is 10.0. The third-order valence-corrected chi connectivity index (χ3v) is 2.73. The molecular formula is C13H18N2OS. The molecule has 0 radical (unpaired) electrons. The van der Waals surface area contributed by atoms with E-state index in [4.69, 9.17) is 18.0 Å². The van der Waals surface area contributed by atoms with Crippen molar-refractivity contribution in [2.75, 3.05) is 6.54 Å². The van der Waals surface area contributed by atoms with E-state index in [1.165, 1.54) is 0 Å². The summed E-state index contributed by atoms with van der Waals surface area (Å²) in [5, 5.41) is 2.89. The Morgan fingerprint density at radius 2 is 2.06 bits per heavy atom. The van der Waals surface area contributed by atoms with Crippen LogP contribution >= 0.6 is 12.2 Å². The van der Waals surface area contributed by atoms with E-state index in [1.807, 2.05) is 31.2 Å². The molecule has 0 bridgehead atoms. The molecule has 3 nitrogen and oxygen atoms in total. The van der Waals surface area contributed by atoms with Crippen LogP contribution in [0.5, 0.6) is 0 Å². The van der Waals surface area contributed by atoms with Crippen LogP contribution in [-0.2, 0) is 0 Å². The number of nitrogens with one attached hydrogen (secondary N) is 1. The Kier molecular flexibility index (Phi) is 5.63. The molecule has 0 aliphatic carbocycles. The fourth-order valence-corrected chi connectivity index (χ4v) is 1.69. The number of carbonyl (C=O) groups excluding carboxylic acids is 1. The lowest BCUT2D eigenvalue weighted by molar-refractivity contribution is 0.0952. The number of amides is 1. The molecule has 0 fully saturated rings. The highest BCUT2D eigenvalue weighted by molar-refractivity contribution is 7.80. The molecule has 0 aliphatic rings. The fourth-order valence-electron chi connectivity index (χ4n) is 1.55. The van der Waals surface area contributed by atoms with Crippen LogP contribution in [0.4, 0.5) is 0 Å². The molecule has 0 aliphatic heterocycles. The van der Waals surface area contributed by atoms with Crippen LogP contribution in [0.2, 0.25) is 0 Å². The van der Waals surface area contributed by atoms with Crippen molar-refractivity contribution in [1.29, 1.82) is 0 Å². The monoisotopic (exact) mass is 250 g/mol. The normalized spacial score (nSPS) is 9.94. The molecule has 0 aromatic heterocycles. The van der Waals surface area contributed by atoms with Crippen LogP contribution in [0.3, 0.4) is 0 Å². The number of hydrogen-bond acceptors (Lipinski definition) is 2.